The van der Waals surface area contributed by atoms with Crippen molar-refractivity contribution in [3.05, 3.63) is 109 Å². The van der Waals surface area contributed by atoms with Crippen molar-refractivity contribution >= 4 is 23.6 Å². The van der Waals surface area contributed by atoms with Crippen LogP contribution in [-0.2, 0) is 0 Å². The summed E-state index contributed by atoms with van der Waals surface area (Å²) in [6.07, 6.45) is 14.4. The van der Waals surface area contributed by atoms with E-state index in [4.69, 9.17) is 0 Å². The van der Waals surface area contributed by atoms with Crippen LogP contribution in [0.5, 0.6) is 0 Å². The minimum atomic E-state index is 0.974. The van der Waals surface area contributed by atoms with Crippen LogP contribution in [-0.4, -0.2) is 12.4 Å². The third-order valence-corrected chi connectivity index (χ3v) is 3.63. The maximum absolute atomic E-state index is 4.35. The molecule has 0 fully saturated rings. The van der Waals surface area contributed by atoms with E-state index in [9.17, 15) is 0 Å². The number of hydrogen-bond acceptors (Lipinski definition) is 4. The maximum atomic E-state index is 4.35. The topological polar surface area (TPSA) is 48.8 Å². The average Bonchev–Trinajstić information content (AvgIpc) is 2.71. The van der Waals surface area contributed by atoms with Crippen LogP contribution in [0.3, 0.4) is 0 Å². The van der Waals surface area contributed by atoms with E-state index in [-0.39, 0.29) is 0 Å². The zero-order chi connectivity index (χ0) is 17.9. The molecule has 4 heteroatoms. The van der Waals surface area contributed by atoms with Gasteiger partial charge in [0.2, 0.25) is 0 Å². The van der Waals surface area contributed by atoms with Crippen molar-refractivity contribution in [1.29, 1.82) is 0 Å². The molecule has 0 radical (unpaired) electrons. The number of nitrogens with one attached hydrogen (secondary N) is 2. The molecule has 0 aliphatic carbocycles. The van der Waals surface area contributed by atoms with E-state index in [2.05, 4.69) is 20.6 Å². The maximum Gasteiger partial charge on any atom is 0.0428 e. The Morgan fingerprint density at radius 3 is 1.38 bits per heavy atom. The summed E-state index contributed by atoms with van der Waals surface area (Å²) >= 11 is 0. The number of rotatable bonds is 2. The number of hydrogen-bond donors (Lipinski definition) is 2. The Labute approximate surface area is 153 Å². The third-order valence-electron chi connectivity index (χ3n) is 3.63. The first-order chi connectivity index (χ1) is 12.9. The van der Waals surface area contributed by atoms with E-state index in [1.54, 1.807) is 24.8 Å². The van der Waals surface area contributed by atoms with Gasteiger partial charge in [-0.3, -0.25) is 9.98 Å². The van der Waals surface area contributed by atoms with Crippen LogP contribution in [0.4, 0.5) is 0 Å². The van der Waals surface area contributed by atoms with E-state index >= 15 is 0 Å². The predicted octanol–water partition coefficient (Wildman–Crippen LogP) is 4.35. The number of aliphatic imine (C=N–C) groups is 2. The summed E-state index contributed by atoms with van der Waals surface area (Å²) in [5.74, 6) is 0. The number of allylic oxidation sites excluding steroid dienone is 2. The highest BCUT2D eigenvalue weighted by Crippen LogP contribution is 2.12. The molecule has 0 saturated carbocycles. The van der Waals surface area contributed by atoms with Gasteiger partial charge < -0.3 is 10.6 Å². The monoisotopic (exact) mass is 340 g/mol. The Morgan fingerprint density at radius 1 is 0.538 bits per heavy atom. The first-order valence-corrected chi connectivity index (χ1v) is 8.33. The molecule has 2 aromatic carbocycles. The lowest BCUT2D eigenvalue weighted by Gasteiger charge is -2.03. The molecular formula is C22H20N4. The van der Waals surface area contributed by atoms with E-state index in [1.807, 2.05) is 85.5 Å². The Kier molecular flexibility index (Phi) is 6.33. The molecule has 26 heavy (non-hydrogen) atoms. The molecule has 0 saturated heterocycles. The molecule has 2 N–H and O–H groups in total. The number of nitrogens with zero attached hydrogens (tertiary/aromatic N) is 2. The second kappa shape index (κ2) is 9.59. The van der Waals surface area contributed by atoms with Crippen molar-refractivity contribution < 1.29 is 0 Å². The molecule has 4 nitrogen and oxygen atoms in total. The summed E-state index contributed by atoms with van der Waals surface area (Å²) in [6, 6.07) is 20.2. The zero-order valence-electron chi connectivity index (χ0n) is 14.3. The smallest absolute Gasteiger partial charge is 0.0428 e. The zero-order valence-corrected chi connectivity index (χ0v) is 14.3. The molecule has 128 valence electrons. The Balaban J connectivity index is 1.82. The Bertz CT molecular complexity index is 797. The molecule has 3 rings (SSSR count). The van der Waals surface area contributed by atoms with Crippen molar-refractivity contribution in [2.45, 2.75) is 0 Å². The van der Waals surface area contributed by atoms with Gasteiger partial charge in [-0.2, -0.15) is 0 Å². The van der Waals surface area contributed by atoms with Gasteiger partial charge in [-0.1, -0.05) is 60.7 Å². The normalized spacial score (nSPS) is 21.1. The van der Waals surface area contributed by atoms with E-state index in [1.165, 1.54) is 0 Å². The fraction of sp³-hybridized carbons (Fsp3) is 0. The van der Waals surface area contributed by atoms with Crippen LogP contribution < -0.4 is 10.6 Å². The minimum absolute atomic E-state index is 0.974. The van der Waals surface area contributed by atoms with Gasteiger partial charge in [-0.25, -0.2) is 0 Å². The highest BCUT2D eigenvalue weighted by atomic mass is 14.8. The van der Waals surface area contributed by atoms with Crippen LogP contribution in [0.15, 0.2) is 108 Å². The van der Waals surface area contributed by atoms with Gasteiger partial charge in [0, 0.05) is 60.8 Å². The second-order valence-electron chi connectivity index (χ2n) is 5.45. The van der Waals surface area contributed by atoms with Gasteiger partial charge in [0.25, 0.3) is 0 Å². The molecule has 0 spiro atoms. The quantitative estimate of drug-likeness (QED) is 0.854. The van der Waals surface area contributed by atoms with E-state index in [0.29, 0.717) is 0 Å². The summed E-state index contributed by atoms with van der Waals surface area (Å²) in [7, 11) is 0. The van der Waals surface area contributed by atoms with Crippen molar-refractivity contribution in [1.82, 2.24) is 10.6 Å². The summed E-state index contributed by atoms with van der Waals surface area (Å²) in [5, 5.41) is 6.27. The molecule has 0 amide bonds. The second-order valence-corrected chi connectivity index (χ2v) is 5.45. The fourth-order valence-corrected chi connectivity index (χ4v) is 2.35. The average molecular weight is 340 g/mol. The summed E-state index contributed by atoms with van der Waals surface area (Å²) in [4.78, 5) is 8.70. The molecule has 0 atom stereocenters. The lowest BCUT2D eigenvalue weighted by Crippen LogP contribution is -1.99. The van der Waals surface area contributed by atoms with Crippen LogP contribution in [0.25, 0.3) is 11.1 Å². The molecular weight excluding hydrogens is 320 g/mol. The van der Waals surface area contributed by atoms with Crippen molar-refractivity contribution in [2.75, 3.05) is 0 Å². The molecule has 0 unspecified atom stereocenters. The fourth-order valence-electron chi connectivity index (χ4n) is 2.35. The van der Waals surface area contributed by atoms with Gasteiger partial charge in [-0.05, 0) is 11.1 Å². The summed E-state index contributed by atoms with van der Waals surface area (Å²) in [5.41, 5.74) is 4.11. The lowest BCUT2D eigenvalue weighted by atomic mass is 10.1. The molecule has 1 heterocycles. The molecule has 1 aliphatic rings. The van der Waals surface area contributed by atoms with E-state index in [0.717, 1.165) is 22.3 Å². The van der Waals surface area contributed by atoms with Gasteiger partial charge in [-0.15, -0.1) is 0 Å². The molecule has 1 aliphatic heterocycles. The minimum Gasteiger partial charge on any atom is -0.366 e. The molecule has 2 aromatic rings. The van der Waals surface area contributed by atoms with Crippen molar-refractivity contribution in [3.63, 3.8) is 0 Å². The Hall–Kier alpha value is -3.66. The summed E-state index contributed by atoms with van der Waals surface area (Å²) in [6.45, 7) is 0. The van der Waals surface area contributed by atoms with Gasteiger partial charge >= 0.3 is 0 Å². The largest absolute Gasteiger partial charge is 0.366 e. The van der Waals surface area contributed by atoms with Gasteiger partial charge in [0.05, 0.1) is 0 Å². The van der Waals surface area contributed by atoms with Crippen LogP contribution in [0, 0.1) is 0 Å². The third kappa shape index (κ3) is 5.18. The van der Waals surface area contributed by atoms with Gasteiger partial charge in [0.15, 0.2) is 0 Å². The molecule has 0 aromatic heterocycles. The van der Waals surface area contributed by atoms with Crippen molar-refractivity contribution in [3.8, 4) is 0 Å². The first-order valence-electron chi connectivity index (χ1n) is 8.33. The van der Waals surface area contributed by atoms with Crippen LogP contribution >= 0.6 is 0 Å². The van der Waals surface area contributed by atoms with Crippen LogP contribution in [0.2, 0.25) is 0 Å². The highest BCUT2D eigenvalue weighted by Gasteiger charge is 1.98. The first kappa shape index (κ1) is 17.2. The highest BCUT2D eigenvalue weighted by molar-refractivity contribution is 6.10. The van der Waals surface area contributed by atoms with Crippen LogP contribution in [0.1, 0.15) is 11.1 Å². The number of benzene rings is 2. The summed E-state index contributed by atoms with van der Waals surface area (Å²) < 4.78 is 0. The lowest BCUT2D eigenvalue weighted by molar-refractivity contribution is 1.18. The standard InChI is InChI=1S/C22H20N4/c1-3-7-19(8-4-1)21-15-23-11-13-25-17-22(18-26-14-12-24-16-21)20-9-5-2-6-10-20/h1-18,23,26H/b13-11-,14-12?,21-15-,22-18+,24-16?,25-17+. The Morgan fingerprint density at radius 2 is 0.962 bits per heavy atom. The van der Waals surface area contributed by atoms with Crippen molar-refractivity contribution in [2.24, 2.45) is 9.98 Å². The predicted molar refractivity (Wildman–Crippen MR) is 110 cm³/mol. The van der Waals surface area contributed by atoms with E-state index < -0.39 is 0 Å². The van der Waals surface area contributed by atoms with Gasteiger partial charge in [0.1, 0.15) is 0 Å². The SMILES string of the molecule is C1=CN\C=C(c2ccccc2)/C=N/C=C\N/C=C(\c2ccccc2)C=N1. The molecule has 0 bridgehead atoms.